The summed E-state index contributed by atoms with van der Waals surface area (Å²) < 4.78 is 0. The van der Waals surface area contributed by atoms with Gasteiger partial charge in [-0.05, 0) is 6.42 Å². The van der Waals surface area contributed by atoms with Crippen molar-refractivity contribution in [1.82, 2.24) is 4.90 Å². The Hall–Kier alpha value is -0.0800. The molecule has 2 nitrogen and oxygen atoms in total. The van der Waals surface area contributed by atoms with E-state index in [1.54, 1.807) is 4.90 Å². The van der Waals surface area contributed by atoms with Crippen molar-refractivity contribution in [2.24, 2.45) is 0 Å². The minimum atomic E-state index is 1.27. The molecule has 1 rings (SSSR count). The van der Waals surface area contributed by atoms with Gasteiger partial charge in [0.05, 0.1) is 20.1 Å². The Morgan fingerprint density at radius 2 is 2.18 bits per heavy atom. The normalized spacial score (nSPS) is 26.2. The topological polar surface area (TPSA) is 7.68 Å². The van der Waals surface area contributed by atoms with Crippen molar-refractivity contribution in [1.29, 1.82) is 0 Å². The van der Waals surface area contributed by atoms with E-state index in [1.165, 1.54) is 45.6 Å². The Morgan fingerprint density at radius 1 is 1.36 bits per heavy atom. The molecule has 0 radical (unpaired) electrons. The molecule has 0 aromatic heterocycles. The SMILES string of the molecule is CCCCCN1CC[NH+](C)C1. The summed E-state index contributed by atoms with van der Waals surface area (Å²) >= 11 is 0. The van der Waals surface area contributed by atoms with Crippen LogP contribution in [0.3, 0.4) is 0 Å². The summed E-state index contributed by atoms with van der Waals surface area (Å²) in [5.74, 6) is 0. The number of unbranched alkanes of at least 4 members (excludes halogenated alkanes) is 2. The molecule has 0 spiro atoms. The van der Waals surface area contributed by atoms with Crippen LogP contribution in [0.15, 0.2) is 0 Å². The van der Waals surface area contributed by atoms with Crippen LogP contribution in [0.2, 0.25) is 0 Å². The average Bonchev–Trinajstić information content (AvgIpc) is 2.37. The van der Waals surface area contributed by atoms with E-state index in [9.17, 15) is 0 Å². The van der Waals surface area contributed by atoms with Crippen molar-refractivity contribution >= 4 is 0 Å². The zero-order chi connectivity index (χ0) is 8.10. The van der Waals surface area contributed by atoms with Gasteiger partial charge >= 0.3 is 0 Å². The molecule has 0 aromatic carbocycles. The molecule has 1 aliphatic rings. The van der Waals surface area contributed by atoms with Crippen LogP contribution in [0.5, 0.6) is 0 Å². The van der Waals surface area contributed by atoms with Gasteiger partial charge in [-0.1, -0.05) is 19.8 Å². The van der Waals surface area contributed by atoms with Crippen molar-refractivity contribution in [3.63, 3.8) is 0 Å². The van der Waals surface area contributed by atoms with Crippen LogP contribution in [-0.2, 0) is 0 Å². The smallest absolute Gasteiger partial charge is 0.133 e. The van der Waals surface area contributed by atoms with Crippen LogP contribution in [0.1, 0.15) is 26.2 Å². The molecule has 1 atom stereocenters. The van der Waals surface area contributed by atoms with Gasteiger partial charge in [0.25, 0.3) is 0 Å². The monoisotopic (exact) mass is 157 g/mol. The van der Waals surface area contributed by atoms with Crippen molar-refractivity contribution < 1.29 is 4.90 Å². The van der Waals surface area contributed by atoms with Crippen LogP contribution in [0.4, 0.5) is 0 Å². The maximum atomic E-state index is 2.57. The van der Waals surface area contributed by atoms with Crippen molar-refractivity contribution in [2.75, 3.05) is 33.4 Å². The molecule has 2 heteroatoms. The van der Waals surface area contributed by atoms with Gasteiger partial charge < -0.3 is 4.90 Å². The van der Waals surface area contributed by atoms with E-state index in [4.69, 9.17) is 0 Å². The summed E-state index contributed by atoms with van der Waals surface area (Å²) in [6.45, 7) is 7.51. The summed E-state index contributed by atoms with van der Waals surface area (Å²) in [6, 6.07) is 0. The van der Waals surface area contributed by atoms with E-state index in [0.717, 1.165) is 0 Å². The highest BCUT2D eigenvalue weighted by Crippen LogP contribution is 1.97. The molecule has 1 unspecified atom stereocenters. The van der Waals surface area contributed by atoms with Crippen LogP contribution in [0, 0.1) is 0 Å². The number of likely N-dealkylation sites (N-methyl/N-ethyl adjacent to an activating group) is 1. The zero-order valence-electron chi connectivity index (χ0n) is 7.90. The first kappa shape index (κ1) is 9.01. The zero-order valence-corrected chi connectivity index (χ0v) is 7.90. The predicted octanol–water partition coefficient (Wildman–Crippen LogP) is -0.0356. The highest BCUT2D eigenvalue weighted by atomic mass is 15.4. The van der Waals surface area contributed by atoms with Crippen molar-refractivity contribution in [3.8, 4) is 0 Å². The fourth-order valence-corrected chi connectivity index (χ4v) is 1.67. The molecule has 0 saturated carbocycles. The molecule has 1 saturated heterocycles. The van der Waals surface area contributed by atoms with Gasteiger partial charge in [0.15, 0.2) is 0 Å². The third-order valence-corrected chi connectivity index (χ3v) is 2.43. The van der Waals surface area contributed by atoms with Crippen LogP contribution >= 0.6 is 0 Å². The number of rotatable bonds is 4. The predicted molar refractivity (Wildman–Crippen MR) is 47.7 cm³/mol. The number of nitrogens with zero attached hydrogens (tertiary/aromatic N) is 1. The number of hydrogen-bond donors (Lipinski definition) is 1. The van der Waals surface area contributed by atoms with Crippen LogP contribution in [0.25, 0.3) is 0 Å². The Balaban J connectivity index is 1.99. The lowest BCUT2D eigenvalue weighted by molar-refractivity contribution is -0.871. The first-order valence-electron chi connectivity index (χ1n) is 4.86. The molecule has 0 bridgehead atoms. The Kier molecular flexibility index (Phi) is 3.87. The third kappa shape index (κ3) is 3.21. The Morgan fingerprint density at radius 3 is 2.73 bits per heavy atom. The molecule has 1 fully saturated rings. The van der Waals surface area contributed by atoms with Crippen molar-refractivity contribution in [3.05, 3.63) is 0 Å². The molecule has 1 aliphatic heterocycles. The third-order valence-electron chi connectivity index (χ3n) is 2.43. The van der Waals surface area contributed by atoms with Gasteiger partial charge in [0.1, 0.15) is 6.67 Å². The molecular weight excluding hydrogens is 136 g/mol. The number of hydrogen-bond acceptors (Lipinski definition) is 1. The van der Waals surface area contributed by atoms with Gasteiger partial charge in [-0.25, -0.2) is 0 Å². The van der Waals surface area contributed by atoms with E-state index in [-0.39, 0.29) is 0 Å². The largest absolute Gasteiger partial charge is 0.324 e. The van der Waals surface area contributed by atoms with E-state index >= 15 is 0 Å². The molecule has 1 N–H and O–H groups in total. The van der Waals surface area contributed by atoms with E-state index in [1.807, 2.05) is 0 Å². The quantitative estimate of drug-likeness (QED) is 0.563. The lowest BCUT2D eigenvalue weighted by Crippen LogP contribution is -3.07. The molecular formula is C9H21N2+. The number of nitrogens with one attached hydrogen (secondary N) is 1. The maximum absolute atomic E-state index is 2.57. The van der Waals surface area contributed by atoms with Gasteiger partial charge in [-0.2, -0.15) is 0 Å². The summed E-state index contributed by atoms with van der Waals surface area (Å²) in [5.41, 5.74) is 0. The highest BCUT2D eigenvalue weighted by Gasteiger charge is 2.18. The van der Waals surface area contributed by atoms with E-state index in [0.29, 0.717) is 0 Å². The van der Waals surface area contributed by atoms with Gasteiger partial charge in [-0.3, -0.25) is 4.90 Å². The van der Waals surface area contributed by atoms with Gasteiger partial charge in [0.2, 0.25) is 0 Å². The van der Waals surface area contributed by atoms with Gasteiger partial charge in [-0.15, -0.1) is 0 Å². The summed E-state index contributed by atoms with van der Waals surface area (Å²) in [5, 5.41) is 0. The summed E-state index contributed by atoms with van der Waals surface area (Å²) in [6.07, 6.45) is 4.13. The van der Waals surface area contributed by atoms with E-state index in [2.05, 4.69) is 18.9 Å². The summed E-state index contributed by atoms with van der Waals surface area (Å²) in [7, 11) is 2.28. The molecule has 0 aromatic rings. The lowest BCUT2D eigenvalue weighted by atomic mass is 10.2. The highest BCUT2D eigenvalue weighted by molar-refractivity contribution is 4.55. The Bertz CT molecular complexity index is 104. The standard InChI is InChI=1S/C9H20N2/c1-3-4-5-6-11-8-7-10(2)9-11/h3-9H2,1-2H3/p+1. The maximum Gasteiger partial charge on any atom is 0.133 e. The second kappa shape index (κ2) is 4.73. The molecule has 0 aliphatic carbocycles. The fraction of sp³-hybridized carbons (Fsp3) is 1.00. The van der Waals surface area contributed by atoms with Crippen molar-refractivity contribution in [2.45, 2.75) is 26.2 Å². The van der Waals surface area contributed by atoms with Gasteiger partial charge in [0, 0.05) is 6.54 Å². The van der Waals surface area contributed by atoms with Crippen LogP contribution < -0.4 is 4.90 Å². The molecule has 1 heterocycles. The number of quaternary nitrogens is 1. The van der Waals surface area contributed by atoms with E-state index < -0.39 is 0 Å². The average molecular weight is 157 g/mol. The first-order chi connectivity index (χ1) is 5.33. The minimum absolute atomic E-state index is 1.27. The second-order valence-corrected chi connectivity index (χ2v) is 3.69. The minimum Gasteiger partial charge on any atom is -0.324 e. The fourth-order valence-electron chi connectivity index (χ4n) is 1.67. The molecule has 0 amide bonds. The van der Waals surface area contributed by atoms with Crippen LogP contribution in [-0.4, -0.2) is 38.3 Å². The molecule has 66 valence electrons. The molecule has 11 heavy (non-hydrogen) atoms. The Labute approximate surface area is 70.2 Å². The first-order valence-corrected chi connectivity index (χ1v) is 4.86. The lowest BCUT2D eigenvalue weighted by Gasteiger charge is -2.11. The summed E-state index contributed by atoms with van der Waals surface area (Å²) in [4.78, 5) is 4.24. The second-order valence-electron chi connectivity index (χ2n) is 3.69.